The molecule has 0 spiro atoms. The van der Waals surface area contributed by atoms with E-state index in [1.807, 2.05) is 18.1 Å². The fourth-order valence-electron chi connectivity index (χ4n) is 4.58. The number of carbonyl (C=O) groups excluding carboxylic acids is 1. The second-order valence-corrected chi connectivity index (χ2v) is 8.87. The van der Waals surface area contributed by atoms with Gasteiger partial charge in [-0.15, -0.1) is 0 Å². The van der Waals surface area contributed by atoms with Gasteiger partial charge in [0.05, 0.1) is 11.9 Å². The van der Waals surface area contributed by atoms with E-state index in [0.717, 1.165) is 24.7 Å². The molecule has 1 amide bonds. The molecule has 2 aliphatic rings. The Labute approximate surface area is 190 Å². The highest BCUT2D eigenvalue weighted by molar-refractivity contribution is 5.98. The van der Waals surface area contributed by atoms with Crippen LogP contribution in [0.2, 0.25) is 0 Å². The Morgan fingerprint density at radius 1 is 1.16 bits per heavy atom. The number of hydrogen-bond acceptors (Lipinski definition) is 4. The lowest BCUT2D eigenvalue weighted by Gasteiger charge is -2.35. The molecule has 1 unspecified atom stereocenters. The van der Waals surface area contributed by atoms with E-state index in [1.54, 1.807) is 22.8 Å². The van der Waals surface area contributed by atoms with Crippen LogP contribution in [0, 0.1) is 0 Å². The highest BCUT2D eigenvalue weighted by Gasteiger charge is 2.27. The summed E-state index contributed by atoms with van der Waals surface area (Å²) in [5, 5.41) is 7.59. The molecule has 0 radical (unpaired) electrons. The Morgan fingerprint density at radius 2 is 1.94 bits per heavy atom. The van der Waals surface area contributed by atoms with Crippen LogP contribution in [0.25, 0.3) is 0 Å². The third kappa shape index (κ3) is 5.30. The minimum Gasteiger partial charge on any atom is -0.352 e. The van der Waals surface area contributed by atoms with Crippen molar-refractivity contribution in [1.82, 2.24) is 24.9 Å². The van der Waals surface area contributed by atoms with Crippen LogP contribution in [0.1, 0.15) is 37.3 Å². The van der Waals surface area contributed by atoms with E-state index in [1.165, 1.54) is 36.9 Å². The monoisotopic (exact) mass is 437 g/mol. The Balaban J connectivity index is 1.28. The van der Waals surface area contributed by atoms with Crippen LogP contribution in [-0.4, -0.2) is 70.7 Å². The number of amides is 1. The Hall–Kier alpha value is -2.87. The zero-order valence-corrected chi connectivity index (χ0v) is 19.5. The number of likely N-dealkylation sites (tertiary alicyclic amines) is 1. The van der Waals surface area contributed by atoms with Gasteiger partial charge in [-0.1, -0.05) is 30.7 Å². The summed E-state index contributed by atoms with van der Waals surface area (Å²) in [5.41, 5.74) is 3.42. The Bertz CT molecular complexity index is 936. The minimum atomic E-state index is 0.0588. The van der Waals surface area contributed by atoms with E-state index >= 15 is 0 Å². The topological polar surface area (TPSA) is 69.0 Å². The first-order chi connectivity index (χ1) is 15.5. The molecular formula is C24H35N7O. The molecule has 2 saturated heterocycles. The maximum atomic E-state index is 12.7. The molecular weight excluding hydrogens is 402 g/mol. The fraction of sp³-hybridized carbons (Fsp3) is 0.542. The van der Waals surface area contributed by atoms with Crippen molar-refractivity contribution in [2.75, 3.05) is 38.1 Å². The highest BCUT2D eigenvalue weighted by Crippen LogP contribution is 2.19. The molecule has 8 nitrogen and oxygen atoms in total. The highest BCUT2D eigenvalue weighted by atomic mass is 16.2. The number of nitrogens with zero attached hydrogens (tertiary/aromatic N) is 6. The average molecular weight is 438 g/mol. The molecule has 1 N–H and O–H groups in total. The molecule has 2 fully saturated rings. The maximum Gasteiger partial charge on any atom is 0.246 e. The number of piperidine rings is 1. The van der Waals surface area contributed by atoms with Crippen molar-refractivity contribution in [3.63, 3.8) is 0 Å². The third-order valence-electron chi connectivity index (χ3n) is 6.53. The summed E-state index contributed by atoms with van der Waals surface area (Å²) in [4.78, 5) is 23.5. The van der Waals surface area contributed by atoms with Crippen molar-refractivity contribution in [3.8, 4) is 0 Å². The zero-order valence-electron chi connectivity index (χ0n) is 19.5. The number of nitrogens with one attached hydrogen (secondary N) is 1. The van der Waals surface area contributed by atoms with E-state index in [0.29, 0.717) is 25.7 Å². The normalized spacial score (nSPS) is 20.7. The molecule has 0 aliphatic carbocycles. The number of anilines is 1. The summed E-state index contributed by atoms with van der Waals surface area (Å²) in [6, 6.07) is 9.52. The second kappa shape index (κ2) is 10.2. The van der Waals surface area contributed by atoms with Gasteiger partial charge >= 0.3 is 0 Å². The lowest BCUT2D eigenvalue weighted by molar-refractivity contribution is -0.120. The molecule has 1 atom stereocenters. The van der Waals surface area contributed by atoms with Crippen molar-refractivity contribution in [2.45, 2.75) is 45.3 Å². The predicted octanol–water partition coefficient (Wildman–Crippen LogP) is 2.22. The number of aliphatic imine (C=N–C) groups is 1. The van der Waals surface area contributed by atoms with E-state index < -0.39 is 0 Å². The van der Waals surface area contributed by atoms with Crippen molar-refractivity contribution in [3.05, 3.63) is 47.8 Å². The van der Waals surface area contributed by atoms with Crippen molar-refractivity contribution >= 4 is 17.6 Å². The molecule has 1 aromatic carbocycles. The van der Waals surface area contributed by atoms with Gasteiger partial charge in [0.15, 0.2) is 5.96 Å². The van der Waals surface area contributed by atoms with Gasteiger partial charge in [-0.25, -0.2) is 0 Å². The molecule has 2 aromatic rings. The minimum absolute atomic E-state index is 0.0588. The fourth-order valence-corrected chi connectivity index (χ4v) is 4.58. The first-order valence-electron chi connectivity index (χ1n) is 11.6. The molecule has 2 aliphatic heterocycles. The number of piperazine rings is 1. The molecule has 8 heteroatoms. The first-order valence-corrected chi connectivity index (χ1v) is 11.6. The molecule has 3 heterocycles. The number of guanidine groups is 1. The largest absolute Gasteiger partial charge is 0.352 e. The van der Waals surface area contributed by atoms with Gasteiger partial charge in [0.2, 0.25) is 5.91 Å². The third-order valence-corrected chi connectivity index (χ3v) is 6.53. The van der Waals surface area contributed by atoms with Gasteiger partial charge in [0.25, 0.3) is 0 Å². The summed E-state index contributed by atoms with van der Waals surface area (Å²) < 4.78 is 1.72. The number of hydrogen-bond donors (Lipinski definition) is 1. The van der Waals surface area contributed by atoms with Gasteiger partial charge in [-0.05, 0) is 37.4 Å². The van der Waals surface area contributed by atoms with Crippen molar-refractivity contribution in [2.24, 2.45) is 12.0 Å². The first kappa shape index (κ1) is 22.3. The van der Waals surface area contributed by atoms with Crippen LogP contribution in [-0.2, 0) is 24.9 Å². The van der Waals surface area contributed by atoms with Gasteiger partial charge in [0, 0.05) is 52.5 Å². The summed E-state index contributed by atoms with van der Waals surface area (Å²) in [6.45, 7) is 6.91. The molecule has 1 aromatic heterocycles. The number of rotatable bonds is 5. The van der Waals surface area contributed by atoms with Crippen LogP contribution in [0.4, 0.5) is 5.69 Å². The van der Waals surface area contributed by atoms with Crippen molar-refractivity contribution in [1.29, 1.82) is 0 Å². The van der Waals surface area contributed by atoms with E-state index in [4.69, 9.17) is 0 Å². The maximum absolute atomic E-state index is 12.7. The standard InChI is InChI=1S/C24H35N7O/c1-19-6-4-5-11-29(19)16-21-9-7-20(8-10-21)14-26-24(25-2)30-12-13-31(23(32)18-30)22-15-27-28(3)17-22/h7-10,15,17,19H,4-6,11-14,16,18H2,1-3H3,(H,25,26). The zero-order chi connectivity index (χ0) is 22.5. The molecule has 0 bridgehead atoms. The van der Waals surface area contributed by atoms with Crippen LogP contribution >= 0.6 is 0 Å². The van der Waals surface area contributed by atoms with E-state index in [-0.39, 0.29) is 5.91 Å². The molecule has 0 saturated carbocycles. The second-order valence-electron chi connectivity index (χ2n) is 8.87. The molecule has 32 heavy (non-hydrogen) atoms. The Morgan fingerprint density at radius 3 is 2.59 bits per heavy atom. The number of carbonyl (C=O) groups is 1. The van der Waals surface area contributed by atoms with Crippen molar-refractivity contribution < 1.29 is 4.79 Å². The van der Waals surface area contributed by atoms with Crippen LogP contribution in [0.3, 0.4) is 0 Å². The number of benzene rings is 1. The van der Waals surface area contributed by atoms with Gasteiger partial charge < -0.3 is 15.1 Å². The predicted molar refractivity (Wildman–Crippen MR) is 127 cm³/mol. The smallest absolute Gasteiger partial charge is 0.246 e. The lowest BCUT2D eigenvalue weighted by atomic mass is 10.0. The molecule has 172 valence electrons. The summed E-state index contributed by atoms with van der Waals surface area (Å²) in [6.07, 6.45) is 7.57. The van der Waals surface area contributed by atoms with E-state index in [2.05, 4.69) is 51.5 Å². The van der Waals surface area contributed by atoms with Gasteiger partial charge in [-0.3, -0.25) is 19.4 Å². The summed E-state index contributed by atoms with van der Waals surface area (Å²) in [5.74, 6) is 0.818. The Kier molecular flexibility index (Phi) is 7.09. The summed E-state index contributed by atoms with van der Waals surface area (Å²) >= 11 is 0. The van der Waals surface area contributed by atoms with E-state index in [9.17, 15) is 4.79 Å². The summed E-state index contributed by atoms with van der Waals surface area (Å²) in [7, 11) is 3.62. The van der Waals surface area contributed by atoms with Gasteiger partial charge in [0.1, 0.15) is 6.54 Å². The average Bonchev–Trinajstić information content (AvgIpc) is 3.23. The number of aryl methyl sites for hydroxylation is 1. The SMILES string of the molecule is CN=C(NCc1ccc(CN2CCCCC2C)cc1)N1CCN(c2cnn(C)c2)C(=O)C1. The quantitative estimate of drug-likeness (QED) is 0.574. The molecule has 4 rings (SSSR count). The van der Waals surface area contributed by atoms with Crippen LogP contribution < -0.4 is 10.2 Å². The number of aromatic nitrogens is 2. The lowest BCUT2D eigenvalue weighted by Crippen LogP contribution is -2.55. The van der Waals surface area contributed by atoms with Crippen LogP contribution in [0.5, 0.6) is 0 Å². The van der Waals surface area contributed by atoms with Crippen LogP contribution in [0.15, 0.2) is 41.7 Å². The van der Waals surface area contributed by atoms with Gasteiger partial charge in [-0.2, -0.15) is 5.10 Å².